The van der Waals surface area contributed by atoms with E-state index in [0.717, 1.165) is 0 Å². The third kappa shape index (κ3) is 6.78. The molecule has 112 valence electrons. The predicted molar refractivity (Wildman–Crippen MR) is 71.7 cm³/mol. The normalized spacial score (nSPS) is 11.4. The quantitative estimate of drug-likeness (QED) is 0.600. The molecule has 0 unspecified atom stereocenters. The minimum Gasteiger partial charge on any atom is -0.383 e. The number of anilines is 1. The summed E-state index contributed by atoms with van der Waals surface area (Å²) in [6.45, 7) is 0.949. The maximum Gasteiger partial charge on any atom is 0.446 e. The first-order valence-electron chi connectivity index (χ1n) is 5.76. The number of halogens is 3. The highest BCUT2D eigenvalue weighted by Gasteiger charge is 2.30. The lowest BCUT2D eigenvalue weighted by atomic mass is 10.3. The molecule has 0 aliphatic heterocycles. The van der Waals surface area contributed by atoms with Gasteiger partial charge in [-0.3, -0.25) is 4.79 Å². The summed E-state index contributed by atoms with van der Waals surface area (Å²) in [5, 5.41) is 5.25. The molecule has 1 rings (SSSR count). The van der Waals surface area contributed by atoms with Gasteiger partial charge >= 0.3 is 5.51 Å². The van der Waals surface area contributed by atoms with E-state index in [1.807, 2.05) is 0 Å². The number of alkyl halides is 3. The zero-order valence-electron chi connectivity index (χ0n) is 10.8. The van der Waals surface area contributed by atoms with E-state index in [0.29, 0.717) is 13.2 Å². The van der Waals surface area contributed by atoms with Crippen molar-refractivity contribution >= 4 is 23.4 Å². The molecule has 0 spiro atoms. The van der Waals surface area contributed by atoms with Crippen molar-refractivity contribution in [1.82, 2.24) is 5.32 Å². The molecule has 0 fully saturated rings. The highest BCUT2D eigenvalue weighted by atomic mass is 32.2. The number of benzene rings is 1. The van der Waals surface area contributed by atoms with Gasteiger partial charge in [-0.1, -0.05) is 12.1 Å². The van der Waals surface area contributed by atoms with E-state index in [2.05, 4.69) is 10.6 Å². The molecule has 0 saturated heterocycles. The van der Waals surface area contributed by atoms with Crippen molar-refractivity contribution in [2.75, 3.05) is 32.1 Å². The molecule has 0 heterocycles. The van der Waals surface area contributed by atoms with E-state index in [1.165, 1.54) is 25.3 Å². The van der Waals surface area contributed by atoms with Gasteiger partial charge in [0.25, 0.3) is 0 Å². The number of carbonyl (C=O) groups excluding carboxylic acids is 1. The Morgan fingerprint density at radius 3 is 2.70 bits per heavy atom. The molecule has 0 bridgehead atoms. The fraction of sp³-hybridized carbons (Fsp3) is 0.417. The van der Waals surface area contributed by atoms with Gasteiger partial charge in [0.05, 0.1) is 18.8 Å². The van der Waals surface area contributed by atoms with Gasteiger partial charge < -0.3 is 15.4 Å². The molecule has 20 heavy (non-hydrogen) atoms. The van der Waals surface area contributed by atoms with Crippen LogP contribution in [0.3, 0.4) is 0 Å². The summed E-state index contributed by atoms with van der Waals surface area (Å²) >= 11 is -0.254. The molecule has 0 saturated carbocycles. The molecule has 0 aliphatic rings. The third-order valence-corrected chi connectivity index (χ3v) is 2.96. The number of carbonyl (C=O) groups is 1. The second-order valence-corrected chi connectivity index (χ2v) is 4.87. The second kappa shape index (κ2) is 8.13. The van der Waals surface area contributed by atoms with Crippen molar-refractivity contribution < 1.29 is 22.7 Å². The zero-order valence-corrected chi connectivity index (χ0v) is 11.6. The number of amides is 1. The zero-order chi connectivity index (χ0) is 15.0. The summed E-state index contributed by atoms with van der Waals surface area (Å²) in [5.74, 6) is -0.406. The number of hydrogen-bond donors (Lipinski definition) is 2. The number of ether oxygens (including phenoxy) is 1. The number of para-hydroxylation sites is 1. The monoisotopic (exact) mass is 308 g/mol. The van der Waals surface area contributed by atoms with E-state index in [-0.39, 0.29) is 28.9 Å². The molecular formula is C12H15F3N2O2S. The van der Waals surface area contributed by atoms with Crippen LogP contribution in [0.1, 0.15) is 0 Å². The topological polar surface area (TPSA) is 50.4 Å². The molecule has 2 N–H and O–H groups in total. The second-order valence-electron chi connectivity index (χ2n) is 3.76. The van der Waals surface area contributed by atoms with Crippen LogP contribution >= 0.6 is 11.8 Å². The van der Waals surface area contributed by atoms with Gasteiger partial charge in [-0.15, -0.1) is 0 Å². The number of rotatable bonds is 7. The molecule has 0 atom stereocenters. The summed E-state index contributed by atoms with van der Waals surface area (Å²) in [6.07, 6.45) is 0. The van der Waals surface area contributed by atoms with Crippen LogP contribution in [0, 0.1) is 0 Å². The molecule has 0 aliphatic carbocycles. The first-order valence-corrected chi connectivity index (χ1v) is 6.58. The molecule has 1 aromatic carbocycles. The van der Waals surface area contributed by atoms with Crippen molar-refractivity contribution in [3.63, 3.8) is 0 Å². The number of thioether (sulfide) groups is 1. The lowest BCUT2D eigenvalue weighted by Gasteiger charge is -2.12. The average molecular weight is 308 g/mol. The number of methoxy groups -OCH3 is 1. The largest absolute Gasteiger partial charge is 0.446 e. The SMILES string of the molecule is COCCNCC(=O)Nc1ccccc1SC(F)(F)F. The van der Waals surface area contributed by atoms with E-state index in [1.54, 1.807) is 6.07 Å². The van der Waals surface area contributed by atoms with Crippen molar-refractivity contribution in [2.45, 2.75) is 10.4 Å². The molecule has 1 amide bonds. The predicted octanol–water partition coefficient (Wildman–Crippen LogP) is 2.47. The Kier molecular flexibility index (Phi) is 6.83. The van der Waals surface area contributed by atoms with Crippen LogP contribution in [0.15, 0.2) is 29.2 Å². The minimum absolute atomic E-state index is 0.00831. The Labute approximate surface area is 119 Å². The lowest BCUT2D eigenvalue weighted by molar-refractivity contribution is -0.115. The summed E-state index contributed by atoms with van der Waals surface area (Å²) in [5.41, 5.74) is -4.24. The fourth-order valence-corrected chi connectivity index (χ4v) is 1.98. The maximum atomic E-state index is 12.4. The summed E-state index contributed by atoms with van der Waals surface area (Å²) in [7, 11) is 1.53. The lowest BCUT2D eigenvalue weighted by Crippen LogP contribution is -2.30. The van der Waals surface area contributed by atoms with E-state index in [9.17, 15) is 18.0 Å². The van der Waals surface area contributed by atoms with Crippen LogP contribution in [0.2, 0.25) is 0 Å². The smallest absolute Gasteiger partial charge is 0.383 e. The van der Waals surface area contributed by atoms with Gasteiger partial charge in [-0.25, -0.2) is 0 Å². The van der Waals surface area contributed by atoms with Gasteiger partial charge in [-0.05, 0) is 23.9 Å². The molecular weight excluding hydrogens is 293 g/mol. The van der Waals surface area contributed by atoms with Crippen LogP contribution in [0.5, 0.6) is 0 Å². The maximum absolute atomic E-state index is 12.4. The van der Waals surface area contributed by atoms with E-state index >= 15 is 0 Å². The number of nitrogens with one attached hydrogen (secondary N) is 2. The van der Waals surface area contributed by atoms with Crippen molar-refractivity contribution in [3.8, 4) is 0 Å². The van der Waals surface area contributed by atoms with Crippen LogP contribution in [0.25, 0.3) is 0 Å². The van der Waals surface area contributed by atoms with Gasteiger partial charge in [0.2, 0.25) is 5.91 Å². The molecule has 0 radical (unpaired) electrons. The van der Waals surface area contributed by atoms with Crippen molar-refractivity contribution in [1.29, 1.82) is 0 Å². The first kappa shape index (κ1) is 16.8. The van der Waals surface area contributed by atoms with Gasteiger partial charge in [0, 0.05) is 18.6 Å². The molecule has 4 nitrogen and oxygen atoms in total. The molecule has 8 heteroatoms. The first-order chi connectivity index (χ1) is 9.42. The van der Waals surface area contributed by atoms with E-state index in [4.69, 9.17) is 4.74 Å². The van der Waals surface area contributed by atoms with Gasteiger partial charge in [0.1, 0.15) is 0 Å². The number of hydrogen-bond acceptors (Lipinski definition) is 4. The average Bonchev–Trinajstić information content (AvgIpc) is 2.35. The van der Waals surface area contributed by atoms with Crippen molar-refractivity contribution in [2.24, 2.45) is 0 Å². The van der Waals surface area contributed by atoms with Crippen LogP contribution in [-0.2, 0) is 9.53 Å². The Morgan fingerprint density at radius 2 is 2.05 bits per heavy atom. The minimum atomic E-state index is -4.39. The van der Waals surface area contributed by atoms with E-state index < -0.39 is 11.4 Å². The highest BCUT2D eigenvalue weighted by Crippen LogP contribution is 2.40. The Morgan fingerprint density at radius 1 is 1.35 bits per heavy atom. The molecule has 0 aromatic heterocycles. The van der Waals surface area contributed by atoms with Crippen LogP contribution < -0.4 is 10.6 Å². The van der Waals surface area contributed by atoms with Crippen LogP contribution in [-0.4, -0.2) is 38.2 Å². The summed E-state index contributed by atoms with van der Waals surface area (Å²) in [6, 6.07) is 5.79. The fourth-order valence-electron chi connectivity index (χ4n) is 1.35. The third-order valence-electron chi connectivity index (χ3n) is 2.16. The van der Waals surface area contributed by atoms with Crippen molar-refractivity contribution in [3.05, 3.63) is 24.3 Å². The Bertz CT molecular complexity index is 441. The molecule has 1 aromatic rings. The van der Waals surface area contributed by atoms with Gasteiger partial charge in [0.15, 0.2) is 0 Å². The highest BCUT2D eigenvalue weighted by molar-refractivity contribution is 8.00. The Balaban J connectivity index is 2.56. The van der Waals surface area contributed by atoms with Gasteiger partial charge in [-0.2, -0.15) is 13.2 Å². The van der Waals surface area contributed by atoms with Crippen LogP contribution in [0.4, 0.5) is 18.9 Å². The summed E-state index contributed by atoms with van der Waals surface area (Å²) < 4.78 is 41.9. The summed E-state index contributed by atoms with van der Waals surface area (Å²) in [4.78, 5) is 11.6. The standard InChI is InChI=1S/C12H15F3N2O2S/c1-19-7-6-16-8-11(18)17-9-4-2-3-5-10(9)20-12(13,14)15/h2-5,16H,6-8H2,1H3,(H,17,18). The Hall–Kier alpha value is -1.25.